The summed E-state index contributed by atoms with van der Waals surface area (Å²) in [4.78, 5) is 7.21. The first-order valence-corrected chi connectivity index (χ1v) is 25.3. The SMILES string of the molecule is Cc1cc2ccc(C)c(F)c2c(F)c1F.Cc1ccc(C)c(C)c1C.Cc1ccc(C)c(F)n1.Cc1ccc(C)c(F)n1.Cc1ccc2c(oc3c(F)c(C)ccc32)c1F.Cc1ccc2c(sc3c(F)c(C)ccc32)c1F. The van der Waals surface area contributed by atoms with Gasteiger partial charge in [-0.05, 0) is 176 Å². The van der Waals surface area contributed by atoms with E-state index in [9.17, 15) is 39.5 Å². The zero-order valence-electron chi connectivity index (χ0n) is 45.4. The van der Waals surface area contributed by atoms with Gasteiger partial charge in [0, 0.05) is 44.1 Å². The molecule has 0 radical (unpaired) electrons. The number of thiophene rings is 1. The molecular weight excluding hydrogens is 1020 g/mol. The van der Waals surface area contributed by atoms with Crippen molar-refractivity contribution in [3.05, 3.63) is 234 Å². The highest BCUT2D eigenvalue weighted by Gasteiger charge is 2.18. The summed E-state index contributed by atoms with van der Waals surface area (Å²) in [6, 6.07) is 30.0. The summed E-state index contributed by atoms with van der Waals surface area (Å²) in [5.41, 5.74) is 11.2. The van der Waals surface area contributed by atoms with Gasteiger partial charge in [-0.15, -0.1) is 11.3 Å². The number of nitrogens with zero attached hydrogens (tertiary/aromatic N) is 2. The Bertz CT molecular complexity index is 3660. The molecule has 0 amide bonds. The molecule has 0 spiro atoms. The van der Waals surface area contributed by atoms with Gasteiger partial charge in [-0.25, -0.2) is 40.7 Å². The zero-order chi connectivity index (χ0) is 56.9. The number of pyridine rings is 2. The second-order valence-electron chi connectivity index (χ2n) is 19.2. The Hall–Kier alpha value is -7.51. The fraction of sp³-hybridized carbons (Fsp3) is 0.219. The van der Waals surface area contributed by atoms with Gasteiger partial charge in [0.15, 0.2) is 34.4 Å². The normalized spacial score (nSPS) is 10.8. The molecule has 0 fully saturated rings. The molecule has 400 valence electrons. The number of fused-ring (bicyclic) bond motifs is 7. The van der Waals surface area contributed by atoms with Crippen LogP contribution in [0.3, 0.4) is 0 Å². The first kappa shape index (κ1) is 58.7. The summed E-state index contributed by atoms with van der Waals surface area (Å²) < 4.78 is 127. The van der Waals surface area contributed by atoms with Crippen molar-refractivity contribution < 1.29 is 43.9 Å². The smallest absolute Gasteiger partial charge is 0.215 e. The highest BCUT2D eigenvalue weighted by molar-refractivity contribution is 7.25. The molecule has 3 nitrogen and oxygen atoms in total. The lowest BCUT2D eigenvalue weighted by atomic mass is 10.0. The molecule has 4 heterocycles. The summed E-state index contributed by atoms with van der Waals surface area (Å²) in [6.45, 7) is 25.3. The first-order valence-electron chi connectivity index (χ1n) is 24.5. The number of aryl methyl sites for hydroxylation is 12. The minimum atomic E-state index is -1.11. The Morgan fingerprint density at radius 3 is 1.04 bits per heavy atom. The van der Waals surface area contributed by atoms with E-state index < -0.39 is 29.1 Å². The monoisotopic (exact) mass is 1070 g/mol. The van der Waals surface area contributed by atoms with E-state index >= 15 is 0 Å². The van der Waals surface area contributed by atoms with Crippen molar-refractivity contribution >= 4 is 64.2 Å². The average molecular weight is 1080 g/mol. The van der Waals surface area contributed by atoms with E-state index in [1.54, 1.807) is 128 Å². The van der Waals surface area contributed by atoms with E-state index in [0.29, 0.717) is 64.5 Å². The highest BCUT2D eigenvalue weighted by atomic mass is 32.1. The van der Waals surface area contributed by atoms with E-state index in [4.69, 9.17) is 4.42 Å². The van der Waals surface area contributed by atoms with Crippen LogP contribution in [-0.2, 0) is 0 Å². The molecule has 0 aliphatic rings. The molecular formula is C64H59F9N2OS. The molecule has 0 N–H and O–H groups in total. The Kier molecular flexibility index (Phi) is 18.8. The van der Waals surface area contributed by atoms with Crippen LogP contribution >= 0.6 is 11.3 Å². The van der Waals surface area contributed by atoms with Crippen molar-refractivity contribution in [2.75, 3.05) is 0 Å². The van der Waals surface area contributed by atoms with Crippen molar-refractivity contribution in [3.8, 4) is 0 Å². The van der Waals surface area contributed by atoms with E-state index in [-0.39, 0.29) is 45.6 Å². The largest absolute Gasteiger partial charge is 0.450 e. The number of rotatable bonds is 0. The van der Waals surface area contributed by atoms with Crippen LogP contribution in [0.5, 0.6) is 0 Å². The summed E-state index contributed by atoms with van der Waals surface area (Å²) >= 11 is 1.19. The van der Waals surface area contributed by atoms with Crippen molar-refractivity contribution in [1.82, 2.24) is 9.97 Å². The molecule has 0 aliphatic carbocycles. The van der Waals surface area contributed by atoms with Crippen LogP contribution in [0.4, 0.5) is 39.5 Å². The van der Waals surface area contributed by atoms with Crippen molar-refractivity contribution in [2.45, 2.75) is 96.9 Å². The number of hydrogen-bond donors (Lipinski definition) is 0. The second kappa shape index (κ2) is 24.7. The van der Waals surface area contributed by atoms with Crippen LogP contribution in [0.2, 0.25) is 0 Å². The van der Waals surface area contributed by atoms with Gasteiger partial charge in [0.25, 0.3) is 0 Å². The maximum Gasteiger partial charge on any atom is 0.215 e. The lowest BCUT2D eigenvalue weighted by molar-refractivity contribution is 0.506. The number of halogens is 9. The molecule has 11 rings (SSSR count). The van der Waals surface area contributed by atoms with E-state index in [1.807, 2.05) is 12.1 Å². The van der Waals surface area contributed by atoms with E-state index in [1.165, 1.54) is 53.5 Å². The molecule has 77 heavy (non-hydrogen) atoms. The molecule has 0 saturated carbocycles. The van der Waals surface area contributed by atoms with E-state index in [0.717, 1.165) is 22.2 Å². The molecule has 0 atom stereocenters. The third kappa shape index (κ3) is 13.0. The minimum Gasteiger partial charge on any atom is -0.450 e. The first-order chi connectivity index (χ1) is 36.2. The number of furan rings is 1. The molecule has 11 aromatic rings. The van der Waals surface area contributed by atoms with Crippen molar-refractivity contribution in [2.24, 2.45) is 0 Å². The van der Waals surface area contributed by atoms with Crippen LogP contribution in [0.15, 0.2) is 108 Å². The third-order valence-corrected chi connectivity index (χ3v) is 14.5. The van der Waals surface area contributed by atoms with Crippen LogP contribution in [0.25, 0.3) is 52.9 Å². The Labute approximate surface area is 447 Å². The zero-order valence-corrected chi connectivity index (χ0v) is 46.2. The quantitative estimate of drug-likeness (QED) is 0.112. The lowest BCUT2D eigenvalue weighted by Crippen LogP contribution is -1.95. The van der Waals surface area contributed by atoms with Gasteiger partial charge in [-0.3, -0.25) is 0 Å². The van der Waals surface area contributed by atoms with Crippen LogP contribution < -0.4 is 0 Å². The van der Waals surface area contributed by atoms with Crippen LogP contribution in [-0.4, -0.2) is 9.97 Å². The minimum absolute atomic E-state index is 0.129. The predicted octanol–water partition coefficient (Wildman–Crippen LogP) is 19.9. The van der Waals surface area contributed by atoms with Crippen LogP contribution in [0.1, 0.15) is 78.1 Å². The van der Waals surface area contributed by atoms with Gasteiger partial charge >= 0.3 is 0 Å². The molecule has 0 aliphatic heterocycles. The van der Waals surface area contributed by atoms with Crippen LogP contribution in [0, 0.1) is 150 Å². The standard InChI is InChI=1S/C14H10F2O.C14H10F2S.C12H9F3.C10H14.2C7H8FN/c2*1-7-3-5-9-10-6-4-8(2)12(16)14(10)17-13(9)11(7)15;1-6-3-4-8-5-7(2)11(14)12(15)9(8)10(6)13;1-7-5-6-8(2)10(4)9(7)3;2*1-5-3-4-6(2)9-7(5)8/h2*3-6H,1-2H3;3-5H,1-2H3;5-6H,1-4H3;2*3-4H,1-2H3. The summed E-state index contributed by atoms with van der Waals surface area (Å²) in [7, 11) is 0. The molecule has 0 saturated heterocycles. The van der Waals surface area contributed by atoms with Gasteiger partial charge in [-0.2, -0.15) is 8.78 Å². The maximum absolute atomic E-state index is 14.0. The Balaban J connectivity index is 0.000000153. The fourth-order valence-electron chi connectivity index (χ4n) is 7.97. The van der Waals surface area contributed by atoms with E-state index in [2.05, 4.69) is 49.8 Å². The molecule has 13 heteroatoms. The number of benzene rings is 7. The molecule has 4 aromatic heterocycles. The maximum atomic E-state index is 14.0. The highest BCUT2D eigenvalue weighted by Crippen LogP contribution is 2.39. The topological polar surface area (TPSA) is 38.9 Å². The fourth-order valence-corrected chi connectivity index (χ4v) is 9.25. The Morgan fingerprint density at radius 1 is 0.312 bits per heavy atom. The molecule has 0 bridgehead atoms. The summed E-state index contributed by atoms with van der Waals surface area (Å²) in [5, 5.41) is 2.94. The van der Waals surface area contributed by atoms with Crippen molar-refractivity contribution in [1.29, 1.82) is 0 Å². The molecule has 0 unspecified atom stereocenters. The lowest BCUT2D eigenvalue weighted by Gasteiger charge is -2.06. The van der Waals surface area contributed by atoms with Gasteiger partial charge in [0.05, 0.1) is 14.8 Å². The Morgan fingerprint density at radius 2 is 0.649 bits per heavy atom. The summed E-state index contributed by atoms with van der Waals surface area (Å²) in [6.07, 6.45) is 0. The van der Waals surface area contributed by atoms with Gasteiger partial charge in [-0.1, -0.05) is 84.9 Å². The predicted molar refractivity (Wildman–Crippen MR) is 298 cm³/mol. The summed E-state index contributed by atoms with van der Waals surface area (Å²) in [5.74, 6) is -4.82. The van der Waals surface area contributed by atoms with Gasteiger partial charge in [0.1, 0.15) is 17.5 Å². The second-order valence-corrected chi connectivity index (χ2v) is 20.2. The molecule has 7 aromatic carbocycles. The number of hydrogen-bond acceptors (Lipinski definition) is 4. The van der Waals surface area contributed by atoms with Gasteiger partial charge in [0.2, 0.25) is 11.9 Å². The van der Waals surface area contributed by atoms with Crippen molar-refractivity contribution in [3.63, 3.8) is 0 Å². The number of aromatic nitrogens is 2. The van der Waals surface area contributed by atoms with Gasteiger partial charge < -0.3 is 4.42 Å². The third-order valence-electron chi connectivity index (χ3n) is 13.3. The average Bonchev–Trinajstić information content (AvgIpc) is 4.03.